The second kappa shape index (κ2) is 5.60. The van der Waals surface area contributed by atoms with Crippen LogP contribution in [0.25, 0.3) is 22.6 Å². The predicted molar refractivity (Wildman–Crippen MR) is 90.6 cm³/mol. The molecule has 0 radical (unpaired) electrons. The second-order valence-corrected chi connectivity index (χ2v) is 5.68. The fourth-order valence-corrected chi connectivity index (χ4v) is 3.24. The van der Waals surface area contributed by atoms with Crippen molar-refractivity contribution >= 4 is 0 Å². The summed E-state index contributed by atoms with van der Waals surface area (Å²) in [6, 6.07) is 13.6. The van der Waals surface area contributed by atoms with Crippen molar-refractivity contribution in [3.05, 3.63) is 58.6 Å². The SMILES string of the molecule is COc1cc2c(cc1OC)-c1c(-c3ccccc3)oc(=O)n1CC2. The van der Waals surface area contributed by atoms with Crippen LogP contribution in [0.2, 0.25) is 0 Å². The summed E-state index contributed by atoms with van der Waals surface area (Å²) in [6.45, 7) is 0.590. The van der Waals surface area contributed by atoms with Gasteiger partial charge in [0, 0.05) is 17.7 Å². The van der Waals surface area contributed by atoms with Crippen molar-refractivity contribution in [2.45, 2.75) is 13.0 Å². The van der Waals surface area contributed by atoms with Gasteiger partial charge < -0.3 is 13.9 Å². The first-order valence-corrected chi connectivity index (χ1v) is 7.77. The van der Waals surface area contributed by atoms with E-state index >= 15 is 0 Å². The smallest absolute Gasteiger partial charge is 0.420 e. The van der Waals surface area contributed by atoms with Crippen LogP contribution in [0, 0.1) is 0 Å². The van der Waals surface area contributed by atoms with Crippen LogP contribution in [0.1, 0.15) is 5.56 Å². The number of benzene rings is 2. The zero-order valence-corrected chi connectivity index (χ0v) is 13.5. The molecule has 0 spiro atoms. The van der Waals surface area contributed by atoms with Gasteiger partial charge in [0.25, 0.3) is 0 Å². The van der Waals surface area contributed by atoms with Crippen molar-refractivity contribution < 1.29 is 13.9 Å². The van der Waals surface area contributed by atoms with Crippen LogP contribution in [0.4, 0.5) is 0 Å². The third-order valence-electron chi connectivity index (χ3n) is 4.40. The van der Waals surface area contributed by atoms with Crippen LogP contribution >= 0.6 is 0 Å². The van der Waals surface area contributed by atoms with Crippen LogP contribution in [0.3, 0.4) is 0 Å². The molecule has 0 bridgehead atoms. The molecule has 0 atom stereocenters. The number of hydrogen-bond donors (Lipinski definition) is 0. The van der Waals surface area contributed by atoms with Crippen LogP contribution in [-0.2, 0) is 13.0 Å². The van der Waals surface area contributed by atoms with Crippen LogP contribution < -0.4 is 15.2 Å². The number of aromatic nitrogens is 1. The Labute approximate surface area is 139 Å². The van der Waals surface area contributed by atoms with Crippen molar-refractivity contribution in [2.24, 2.45) is 0 Å². The van der Waals surface area contributed by atoms with E-state index in [1.165, 1.54) is 0 Å². The normalized spacial score (nSPS) is 12.4. The maximum absolute atomic E-state index is 12.3. The van der Waals surface area contributed by atoms with Gasteiger partial charge in [-0.15, -0.1) is 0 Å². The molecule has 0 unspecified atom stereocenters. The Hall–Kier alpha value is -2.95. The predicted octanol–water partition coefficient (Wildman–Crippen LogP) is 3.35. The molecular weight excluding hydrogens is 306 g/mol. The molecule has 24 heavy (non-hydrogen) atoms. The van der Waals surface area contributed by atoms with Gasteiger partial charge in [0.2, 0.25) is 0 Å². The molecule has 0 fully saturated rings. The Morgan fingerprint density at radius 2 is 1.75 bits per heavy atom. The Kier molecular flexibility index (Phi) is 3.41. The maximum atomic E-state index is 12.3. The molecular formula is C19H17NO4. The lowest BCUT2D eigenvalue weighted by molar-refractivity contribution is 0.354. The zero-order chi connectivity index (χ0) is 16.7. The first kappa shape index (κ1) is 14.6. The molecule has 0 saturated carbocycles. The molecule has 5 nitrogen and oxygen atoms in total. The molecule has 1 aliphatic heterocycles. The topological polar surface area (TPSA) is 53.6 Å². The monoisotopic (exact) mass is 323 g/mol. The summed E-state index contributed by atoms with van der Waals surface area (Å²) >= 11 is 0. The molecule has 0 aliphatic carbocycles. The molecule has 1 aromatic heterocycles. The number of ether oxygens (including phenoxy) is 2. The average molecular weight is 323 g/mol. The molecule has 0 N–H and O–H groups in total. The van der Waals surface area contributed by atoms with Crippen LogP contribution in [0.15, 0.2) is 51.7 Å². The van der Waals surface area contributed by atoms with Gasteiger partial charge in [-0.25, -0.2) is 4.79 Å². The standard InChI is InChI=1S/C19H17NO4/c1-22-15-10-13-8-9-20-17(14(13)11-16(15)23-2)18(24-19(20)21)12-6-4-3-5-7-12/h3-7,10-11H,8-9H2,1-2H3. The summed E-state index contributed by atoms with van der Waals surface area (Å²) in [5, 5.41) is 0. The summed E-state index contributed by atoms with van der Waals surface area (Å²) < 4.78 is 18.1. The number of rotatable bonds is 3. The number of methoxy groups -OCH3 is 2. The molecule has 1 aliphatic rings. The van der Waals surface area contributed by atoms with E-state index in [9.17, 15) is 4.79 Å². The van der Waals surface area contributed by atoms with Crippen molar-refractivity contribution in [2.75, 3.05) is 14.2 Å². The van der Waals surface area contributed by atoms with E-state index in [0.29, 0.717) is 23.8 Å². The summed E-state index contributed by atoms with van der Waals surface area (Å²) in [6.07, 6.45) is 0.746. The minimum Gasteiger partial charge on any atom is -0.493 e. The van der Waals surface area contributed by atoms with E-state index < -0.39 is 0 Å². The van der Waals surface area contributed by atoms with Gasteiger partial charge >= 0.3 is 5.76 Å². The fraction of sp³-hybridized carbons (Fsp3) is 0.211. The Morgan fingerprint density at radius 1 is 1.04 bits per heavy atom. The van der Waals surface area contributed by atoms with E-state index in [0.717, 1.165) is 28.8 Å². The van der Waals surface area contributed by atoms with E-state index in [2.05, 4.69) is 0 Å². The summed E-state index contributed by atoms with van der Waals surface area (Å²) in [5.74, 6) is 1.59. The molecule has 122 valence electrons. The highest BCUT2D eigenvalue weighted by atomic mass is 16.5. The molecule has 0 saturated heterocycles. The number of hydrogen-bond acceptors (Lipinski definition) is 4. The Bertz CT molecular complexity index is 953. The molecule has 3 aromatic rings. The van der Waals surface area contributed by atoms with E-state index in [4.69, 9.17) is 13.9 Å². The van der Waals surface area contributed by atoms with Crippen molar-refractivity contribution in [3.63, 3.8) is 0 Å². The van der Waals surface area contributed by atoms with Gasteiger partial charge in [0.1, 0.15) is 0 Å². The van der Waals surface area contributed by atoms with Gasteiger partial charge in [0.05, 0.1) is 19.9 Å². The minimum atomic E-state index is -0.329. The third-order valence-corrected chi connectivity index (χ3v) is 4.40. The molecule has 4 rings (SSSR count). The lowest BCUT2D eigenvalue weighted by atomic mass is 9.95. The number of aryl methyl sites for hydroxylation is 1. The third kappa shape index (κ3) is 2.12. The Balaban J connectivity index is 2.00. The first-order chi connectivity index (χ1) is 11.7. The van der Waals surface area contributed by atoms with Gasteiger partial charge in [0.15, 0.2) is 17.3 Å². The summed E-state index contributed by atoms with van der Waals surface area (Å²) in [7, 11) is 3.23. The average Bonchev–Trinajstić information content (AvgIpc) is 2.98. The number of oxazole rings is 1. The highest BCUT2D eigenvalue weighted by molar-refractivity contribution is 5.81. The molecule has 5 heteroatoms. The quantitative estimate of drug-likeness (QED) is 0.742. The van der Waals surface area contributed by atoms with Crippen molar-refractivity contribution in [1.82, 2.24) is 4.57 Å². The molecule has 0 amide bonds. The maximum Gasteiger partial charge on any atom is 0.420 e. The largest absolute Gasteiger partial charge is 0.493 e. The highest BCUT2D eigenvalue weighted by Gasteiger charge is 2.27. The van der Waals surface area contributed by atoms with E-state index in [-0.39, 0.29) is 5.76 Å². The fourth-order valence-electron chi connectivity index (χ4n) is 3.24. The van der Waals surface area contributed by atoms with Gasteiger partial charge in [-0.3, -0.25) is 4.57 Å². The molecule has 2 aromatic carbocycles. The second-order valence-electron chi connectivity index (χ2n) is 5.68. The highest BCUT2D eigenvalue weighted by Crippen LogP contribution is 2.41. The number of fused-ring (bicyclic) bond motifs is 3. The minimum absolute atomic E-state index is 0.329. The summed E-state index contributed by atoms with van der Waals surface area (Å²) in [5.41, 5.74) is 3.74. The lowest BCUT2D eigenvalue weighted by Crippen LogP contribution is -2.20. The zero-order valence-electron chi connectivity index (χ0n) is 13.5. The van der Waals surface area contributed by atoms with Gasteiger partial charge in [-0.2, -0.15) is 0 Å². The van der Waals surface area contributed by atoms with E-state index in [1.54, 1.807) is 18.8 Å². The van der Waals surface area contributed by atoms with Crippen LogP contribution in [-0.4, -0.2) is 18.8 Å². The van der Waals surface area contributed by atoms with Crippen molar-refractivity contribution in [1.29, 1.82) is 0 Å². The van der Waals surface area contributed by atoms with Crippen molar-refractivity contribution in [3.8, 4) is 34.1 Å². The Morgan fingerprint density at radius 3 is 2.46 bits per heavy atom. The summed E-state index contributed by atoms with van der Waals surface area (Å²) in [4.78, 5) is 12.3. The number of nitrogens with zero attached hydrogens (tertiary/aromatic N) is 1. The molecule has 2 heterocycles. The first-order valence-electron chi connectivity index (χ1n) is 7.77. The lowest BCUT2D eigenvalue weighted by Gasteiger charge is -2.20. The van der Waals surface area contributed by atoms with Gasteiger partial charge in [-0.05, 0) is 24.1 Å². The van der Waals surface area contributed by atoms with E-state index in [1.807, 2.05) is 42.5 Å². The van der Waals surface area contributed by atoms with Gasteiger partial charge in [-0.1, -0.05) is 30.3 Å². The van der Waals surface area contributed by atoms with Crippen LogP contribution in [0.5, 0.6) is 11.5 Å².